The van der Waals surface area contributed by atoms with Gasteiger partial charge >= 0.3 is 12.1 Å². The molecule has 14 heteroatoms. The minimum absolute atomic E-state index is 0.0691. The highest BCUT2D eigenvalue weighted by molar-refractivity contribution is 6.30. The summed E-state index contributed by atoms with van der Waals surface area (Å²) in [6, 6.07) is 6.52. The van der Waals surface area contributed by atoms with Crippen LogP contribution in [0.15, 0.2) is 42.7 Å². The van der Waals surface area contributed by atoms with Gasteiger partial charge in [0, 0.05) is 54.2 Å². The van der Waals surface area contributed by atoms with Gasteiger partial charge in [0.05, 0.1) is 6.61 Å². The Bertz CT molecular complexity index is 1390. The second-order valence-electron chi connectivity index (χ2n) is 10.1. The third-order valence-corrected chi connectivity index (χ3v) is 7.66. The van der Waals surface area contributed by atoms with Gasteiger partial charge in [0.2, 0.25) is 17.9 Å². The van der Waals surface area contributed by atoms with Crippen molar-refractivity contribution in [3.8, 4) is 17.3 Å². The first-order valence-electron chi connectivity index (χ1n) is 13.2. The lowest BCUT2D eigenvalue weighted by Crippen LogP contribution is -2.41. The Morgan fingerprint density at radius 2 is 1.95 bits per heavy atom. The summed E-state index contributed by atoms with van der Waals surface area (Å²) in [6.07, 6.45) is -2.19. The average molecular weight is 592 g/mol. The molecule has 5 rings (SSSR count). The minimum atomic E-state index is -4.82. The first-order valence-corrected chi connectivity index (χ1v) is 13.5. The van der Waals surface area contributed by atoms with Crippen LogP contribution in [-0.2, 0) is 9.53 Å². The quantitative estimate of drug-likeness (QED) is 0.382. The Morgan fingerprint density at radius 1 is 1.22 bits per heavy atom. The van der Waals surface area contributed by atoms with Gasteiger partial charge in [0.1, 0.15) is 11.9 Å². The van der Waals surface area contributed by atoms with Gasteiger partial charge in [-0.1, -0.05) is 17.7 Å². The third-order valence-electron chi connectivity index (χ3n) is 7.43. The summed E-state index contributed by atoms with van der Waals surface area (Å²) in [4.78, 5) is 30.5. The van der Waals surface area contributed by atoms with Crippen LogP contribution in [0.2, 0.25) is 5.02 Å². The van der Waals surface area contributed by atoms with Crippen molar-refractivity contribution >= 4 is 29.3 Å². The molecule has 41 heavy (non-hydrogen) atoms. The van der Waals surface area contributed by atoms with Crippen LogP contribution in [0.3, 0.4) is 0 Å². The molecule has 3 N–H and O–H groups in total. The fraction of sp³-hybridized carbons (Fsp3) is 0.444. The van der Waals surface area contributed by atoms with E-state index in [1.54, 1.807) is 13.0 Å². The number of esters is 1. The fourth-order valence-electron chi connectivity index (χ4n) is 5.39. The van der Waals surface area contributed by atoms with E-state index in [2.05, 4.69) is 25.3 Å². The van der Waals surface area contributed by atoms with Gasteiger partial charge in [-0.3, -0.25) is 4.79 Å². The first kappa shape index (κ1) is 28.8. The molecule has 0 aliphatic carbocycles. The van der Waals surface area contributed by atoms with Crippen molar-refractivity contribution in [3.63, 3.8) is 0 Å². The third kappa shape index (κ3) is 6.46. The van der Waals surface area contributed by atoms with Gasteiger partial charge in [0.15, 0.2) is 5.82 Å². The lowest BCUT2D eigenvalue weighted by Gasteiger charge is -2.39. The van der Waals surface area contributed by atoms with Crippen molar-refractivity contribution in [1.82, 2.24) is 25.3 Å². The van der Waals surface area contributed by atoms with Gasteiger partial charge in [-0.25, -0.2) is 9.97 Å². The van der Waals surface area contributed by atoms with E-state index in [1.807, 2.05) is 4.90 Å². The molecule has 2 atom stereocenters. The Morgan fingerprint density at radius 3 is 2.63 bits per heavy atom. The summed E-state index contributed by atoms with van der Waals surface area (Å²) in [5.74, 6) is -0.362. The van der Waals surface area contributed by atoms with Crippen molar-refractivity contribution < 1.29 is 27.4 Å². The van der Waals surface area contributed by atoms with Crippen molar-refractivity contribution in [1.29, 1.82) is 0 Å². The van der Waals surface area contributed by atoms with Gasteiger partial charge < -0.3 is 25.4 Å². The summed E-state index contributed by atoms with van der Waals surface area (Å²) in [5.41, 5.74) is 5.70. The van der Waals surface area contributed by atoms with E-state index in [1.165, 1.54) is 36.7 Å². The van der Waals surface area contributed by atoms with E-state index in [4.69, 9.17) is 26.8 Å². The van der Waals surface area contributed by atoms with Crippen LogP contribution in [-0.4, -0.2) is 64.4 Å². The maximum absolute atomic E-state index is 14.4. The number of hydrogen-bond acceptors (Lipinski definition) is 10. The molecule has 1 spiro atoms. The molecule has 0 amide bonds. The van der Waals surface area contributed by atoms with Crippen molar-refractivity contribution in [2.75, 3.05) is 36.9 Å². The number of ether oxygens (including phenoxy) is 2. The number of hydrogen-bond donors (Lipinski definition) is 2. The summed E-state index contributed by atoms with van der Waals surface area (Å²) < 4.78 is 53.9. The molecule has 2 aromatic heterocycles. The molecule has 2 saturated heterocycles. The number of alkyl halides is 3. The molecule has 2 fully saturated rings. The summed E-state index contributed by atoms with van der Waals surface area (Å²) in [7, 11) is 0. The van der Waals surface area contributed by atoms with Crippen LogP contribution in [0.1, 0.15) is 37.9 Å². The van der Waals surface area contributed by atoms with Crippen LogP contribution in [0, 0.1) is 5.41 Å². The molecular weight excluding hydrogens is 563 g/mol. The van der Waals surface area contributed by atoms with Crippen LogP contribution in [0.25, 0.3) is 11.4 Å². The molecular formula is C27H29ClF3N7O3. The van der Waals surface area contributed by atoms with E-state index in [0.717, 1.165) is 12.8 Å². The van der Waals surface area contributed by atoms with Gasteiger partial charge in [0.25, 0.3) is 0 Å². The van der Waals surface area contributed by atoms with Crippen molar-refractivity contribution in [3.05, 3.63) is 53.3 Å². The molecule has 4 heterocycles. The first-order chi connectivity index (χ1) is 19.6. The number of halogens is 4. The van der Waals surface area contributed by atoms with E-state index < -0.39 is 12.3 Å². The van der Waals surface area contributed by atoms with E-state index in [-0.39, 0.29) is 51.2 Å². The van der Waals surface area contributed by atoms with Crippen LogP contribution < -0.4 is 20.7 Å². The molecule has 3 aromatic rings. The summed E-state index contributed by atoms with van der Waals surface area (Å²) in [6.45, 7) is 3.93. The second-order valence-corrected chi connectivity index (χ2v) is 10.6. The number of rotatable bonds is 7. The van der Waals surface area contributed by atoms with Gasteiger partial charge in [-0.15, -0.1) is 0 Å². The normalized spacial score (nSPS) is 19.2. The highest BCUT2D eigenvalue weighted by atomic mass is 35.5. The zero-order valence-electron chi connectivity index (χ0n) is 22.2. The SMILES string of the molecule is CCOC(=O)C1CC2(CCN(c3cc(O[C@H](c4ccc(Cl)cc4-c4ncccn4)C(F)(F)F)nc(N)n3)CC2)CN1. The molecule has 0 saturated carbocycles. The molecule has 0 bridgehead atoms. The number of nitrogens with two attached hydrogens (primary N) is 1. The fourth-order valence-corrected chi connectivity index (χ4v) is 5.56. The lowest BCUT2D eigenvalue weighted by molar-refractivity contribution is -0.198. The number of carbonyl (C=O) groups is 1. The molecule has 1 aromatic carbocycles. The molecule has 10 nitrogen and oxygen atoms in total. The smallest absolute Gasteiger partial charge is 0.429 e. The zero-order chi connectivity index (χ0) is 29.2. The van der Waals surface area contributed by atoms with Gasteiger partial charge in [-0.05, 0) is 49.8 Å². The maximum Gasteiger partial charge on any atom is 0.429 e. The number of carbonyl (C=O) groups excluding carboxylic acids is 1. The lowest BCUT2D eigenvalue weighted by atomic mass is 9.76. The average Bonchev–Trinajstić information content (AvgIpc) is 3.35. The van der Waals surface area contributed by atoms with Crippen LogP contribution in [0.5, 0.6) is 5.88 Å². The van der Waals surface area contributed by atoms with E-state index in [0.29, 0.717) is 38.5 Å². The van der Waals surface area contributed by atoms with Crippen LogP contribution in [0.4, 0.5) is 24.9 Å². The van der Waals surface area contributed by atoms with E-state index in [9.17, 15) is 18.0 Å². The number of nitrogens with zero attached hydrogens (tertiary/aromatic N) is 5. The Kier molecular flexibility index (Phi) is 8.18. The maximum atomic E-state index is 14.4. The number of nitrogen functional groups attached to an aromatic ring is 1. The molecule has 2 aliphatic heterocycles. The number of nitrogens with one attached hydrogen (secondary N) is 1. The number of benzene rings is 1. The highest BCUT2D eigenvalue weighted by Crippen LogP contribution is 2.43. The Labute approximate surface area is 239 Å². The van der Waals surface area contributed by atoms with Crippen molar-refractivity contribution in [2.45, 2.75) is 44.5 Å². The highest BCUT2D eigenvalue weighted by Gasteiger charge is 2.46. The zero-order valence-corrected chi connectivity index (χ0v) is 23.0. The van der Waals surface area contributed by atoms with Gasteiger partial charge in [-0.2, -0.15) is 23.1 Å². The topological polar surface area (TPSA) is 128 Å². The number of piperidine rings is 1. The monoisotopic (exact) mass is 591 g/mol. The number of anilines is 2. The Balaban J connectivity index is 1.36. The molecule has 0 radical (unpaired) electrons. The number of aromatic nitrogens is 4. The largest absolute Gasteiger partial charge is 0.465 e. The van der Waals surface area contributed by atoms with Crippen LogP contribution >= 0.6 is 11.6 Å². The Hall–Kier alpha value is -3.71. The second kappa shape index (κ2) is 11.6. The molecule has 1 unspecified atom stereocenters. The van der Waals surface area contributed by atoms with E-state index >= 15 is 0 Å². The predicted molar refractivity (Wildman–Crippen MR) is 145 cm³/mol. The molecule has 218 valence electrons. The van der Waals surface area contributed by atoms with Crippen molar-refractivity contribution in [2.24, 2.45) is 5.41 Å². The predicted octanol–water partition coefficient (Wildman–Crippen LogP) is 4.36. The minimum Gasteiger partial charge on any atom is -0.465 e. The summed E-state index contributed by atoms with van der Waals surface area (Å²) >= 11 is 6.11. The standard InChI is InChI=1S/C27H29ClF3N7O3/c1-2-40-24(39)19-14-26(15-35-19)6-10-38(11-7-26)20-13-21(37-25(32)36-20)41-22(27(29,30)31)17-5-4-16(28)12-18(17)23-33-8-3-9-34-23/h3-5,8-9,12-13,19,22,35H,2,6-7,10-11,14-15H2,1H3,(H2,32,36,37)/t19?,22-/m1/s1. The molecule has 2 aliphatic rings. The summed E-state index contributed by atoms with van der Waals surface area (Å²) in [5, 5.41) is 3.49.